The van der Waals surface area contributed by atoms with E-state index in [2.05, 4.69) is 15.9 Å². The van der Waals surface area contributed by atoms with Gasteiger partial charge < -0.3 is 9.47 Å². The second-order valence-corrected chi connectivity index (χ2v) is 4.94. The van der Waals surface area contributed by atoms with Crippen LogP contribution in [0.5, 0.6) is 11.5 Å². The molecule has 0 bridgehead atoms. The quantitative estimate of drug-likeness (QED) is 0.447. The molecule has 2 aromatic carbocycles. The van der Waals surface area contributed by atoms with Crippen molar-refractivity contribution in [3.63, 3.8) is 0 Å². The van der Waals surface area contributed by atoms with Crippen molar-refractivity contribution in [2.75, 3.05) is 13.2 Å². The highest BCUT2D eigenvalue weighted by molar-refractivity contribution is 9.10. The summed E-state index contributed by atoms with van der Waals surface area (Å²) in [6.07, 6.45) is 0. The number of rotatable bonds is 6. The molecule has 0 aromatic heterocycles. The van der Waals surface area contributed by atoms with Crippen LogP contribution in [0.4, 0.5) is 10.1 Å². The van der Waals surface area contributed by atoms with Crippen molar-refractivity contribution in [3.8, 4) is 11.5 Å². The maximum absolute atomic E-state index is 13.1. The molecule has 5 nitrogen and oxygen atoms in total. The van der Waals surface area contributed by atoms with Gasteiger partial charge in [0, 0.05) is 16.6 Å². The average Bonchev–Trinajstić information content (AvgIpc) is 2.43. The maximum atomic E-state index is 13.1. The molecule has 0 amide bonds. The first-order valence-corrected chi connectivity index (χ1v) is 6.80. The van der Waals surface area contributed by atoms with Crippen LogP contribution < -0.4 is 9.47 Å². The molecule has 110 valence electrons. The van der Waals surface area contributed by atoms with Crippen molar-refractivity contribution in [1.82, 2.24) is 0 Å². The van der Waals surface area contributed by atoms with Crippen LogP contribution in [0.15, 0.2) is 46.9 Å². The Hall–Kier alpha value is -2.15. The molecule has 0 atom stereocenters. The molecule has 0 heterocycles. The van der Waals surface area contributed by atoms with Crippen molar-refractivity contribution < 1.29 is 18.8 Å². The predicted molar refractivity (Wildman–Crippen MR) is 78.2 cm³/mol. The highest BCUT2D eigenvalue weighted by Crippen LogP contribution is 2.27. The van der Waals surface area contributed by atoms with E-state index in [-0.39, 0.29) is 24.7 Å². The summed E-state index contributed by atoms with van der Waals surface area (Å²) in [6, 6.07) is 10.3. The van der Waals surface area contributed by atoms with E-state index in [9.17, 15) is 14.5 Å². The van der Waals surface area contributed by atoms with Gasteiger partial charge in [0.2, 0.25) is 0 Å². The van der Waals surface area contributed by atoms with Gasteiger partial charge in [-0.05, 0) is 24.3 Å². The van der Waals surface area contributed by atoms with Gasteiger partial charge in [0.25, 0.3) is 0 Å². The first kappa shape index (κ1) is 15.2. The lowest BCUT2D eigenvalue weighted by Crippen LogP contribution is -2.10. The van der Waals surface area contributed by atoms with Crippen molar-refractivity contribution >= 4 is 21.6 Å². The zero-order valence-corrected chi connectivity index (χ0v) is 12.4. The van der Waals surface area contributed by atoms with Gasteiger partial charge in [-0.15, -0.1) is 0 Å². The smallest absolute Gasteiger partial charge is 0.311 e. The number of benzene rings is 2. The van der Waals surface area contributed by atoms with Gasteiger partial charge in [0.1, 0.15) is 24.8 Å². The Labute approximate surface area is 128 Å². The molecule has 0 radical (unpaired) electrons. The van der Waals surface area contributed by atoms with E-state index in [0.29, 0.717) is 5.75 Å². The first-order valence-electron chi connectivity index (χ1n) is 6.01. The zero-order chi connectivity index (χ0) is 15.2. The molecule has 0 spiro atoms. The van der Waals surface area contributed by atoms with E-state index >= 15 is 0 Å². The highest BCUT2D eigenvalue weighted by atomic mass is 79.9. The molecule has 0 aliphatic rings. The van der Waals surface area contributed by atoms with E-state index in [1.54, 1.807) is 12.1 Å². The van der Waals surface area contributed by atoms with E-state index in [0.717, 1.165) is 22.7 Å². The maximum Gasteiger partial charge on any atom is 0.311 e. The number of nitrogens with zero attached hydrogens (tertiary/aromatic N) is 1. The molecule has 2 aromatic rings. The minimum absolute atomic E-state index is 0.0663. The lowest BCUT2D eigenvalue weighted by Gasteiger charge is -2.09. The van der Waals surface area contributed by atoms with E-state index in [1.165, 1.54) is 0 Å². The number of hydrogen-bond donors (Lipinski definition) is 0. The van der Waals surface area contributed by atoms with Crippen molar-refractivity contribution in [1.29, 1.82) is 0 Å². The summed E-state index contributed by atoms with van der Waals surface area (Å²) in [5.74, 6) is -0.0666. The first-order chi connectivity index (χ1) is 10.1. The predicted octanol–water partition coefficient (Wildman–Crippen LogP) is 3.95. The summed E-state index contributed by atoms with van der Waals surface area (Å²) >= 11 is 3.31. The zero-order valence-electron chi connectivity index (χ0n) is 10.8. The second kappa shape index (κ2) is 7.03. The van der Waals surface area contributed by atoms with Crippen LogP contribution in [0.25, 0.3) is 0 Å². The second-order valence-electron chi connectivity index (χ2n) is 4.02. The summed E-state index contributed by atoms with van der Waals surface area (Å²) in [7, 11) is 0. The third kappa shape index (κ3) is 4.42. The van der Waals surface area contributed by atoms with Crippen molar-refractivity contribution in [2.24, 2.45) is 0 Å². The molecule has 0 unspecified atom stereocenters. The van der Waals surface area contributed by atoms with Gasteiger partial charge in [-0.3, -0.25) is 10.1 Å². The monoisotopic (exact) mass is 355 g/mol. The van der Waals surface area contributed by atoms with E-state index in [1.807, 2.05) is 12.1 Å². The molecule has 0 aliphatic heterocycles. The van der Waals surface area contributed by atoms with E-state index < -0.39 is 10.7 Å². The number of nitro groups is 1. The largest absolute Gasteiger partial charge is 0.490 e. The van der Waals surface area contributed by atoms with Crippen molar-refractivity contribution in [3.05, 3.63) is 62.9 Å². The summed E-state index contributed by atoms with van der Waals surface area (Å²) in [4.78, 5) is 10.2. The highest BCUT2D eigenvalue weighted by Gasteiger charge is 2.15. The van der Waals surface area contributed by atoms with Crippen LogP contribution in [0.1, 0.15) is 0 Å². The Balaban J connectivity index is 1.91. The van der Waals surface area contributed by atoms with Crippen LogP contribution in [0.2, 0.25) is 0 Å². The normalized spacial score (nSPS) is 10.2. The van der Waals surface area contributed by atoms with Gasteiger partial charge in [-0.2, -0.15) is 0 Å². The number of hydrogen-bond acceptors (Lipinski definition) is 4. The molecule has 0 N–H and O–H groups in total. The lowest BCUT2D eigenvalue weighted by molar-refractivity contribution is -0.385. The number of ether oxygens (including phenoxy) is 2. The Morgan fingerprint density at radius 3 is 2.62 bits per heavy atom. The van der Waals surface area contributed by atoms with Crippen LogP contribution >= 0.6 is 15.9 Å². The molecule has 7 heteroatoms. The minimum Gasteiger partial charge on any atom is -0.490 e. The number of halogens is 2. The number of nitro benzene ring substituents is 1. The Kier molecular flexibility index (Phi) is 5.10. The van der Waals surface area contributed by atoms with Crippen LogP contribution in [-0.2, 0) is 0 Å². The van der Waals surface area contributed by atoms with Gasteiger partial charge in [-0.25, -0.2) is 4.39 Å². The Morgan fingerprint density at radius 2 is 1.90 bits per heavy atom. The topological polar surface area (TPSA) is 61.6 Å². The van der Waals surface area contributed by atoms with Gasteiger partial charge in [0.05, 0.1) is 4.92 Å². The molecule has 0 aliphatic carbocycles. The molecule has 0 saturated heterocycles. The molecule has 21 heavy (non-hydrogen) atoms. The molecular weight excluding hydrogens is 345 g/mol. The standard InChI is InChI=1S/C14H11BrFNO4/c15-10-2-1-3-12(8-10)20-6-7-21-14-9-11(16)4-5-13(14)17(18)19/h1-5,8-9H,6-7H2. The average molecular weight is 356 g/mol. The third-order valence-corrected chi connectivity index (χ3v) is 3.02. The fourth-order valence-electron chi connectivity index (χ4n) is 1.62. The van der Waals surface area contributed by atoms with Crippen molar-refractivity contribution in [2.45, 2.75) is 0 Å². The Morgan fingerprint density at radius 1 is 1.14 bits per heavy atom. The fraction of sp³-hybridized carbons (Fsp3) is 0.143. The molecule has 0 saturated carbocycles. The third-order valence-electron chi connectivity index (χ3n) is 2.52. The molecular formula is C14H11BrFNO4. The van der Waals surface area contributed by atoms with Gasteiger partial charge >= 0.3 is 5.69 Å². The molecule has 2 rings (SSSR count). The van der Waals surface area contributed by atoms with Gasteiger partial charge in [0.15, 0.2) is 5.75 Å². The molecule has 0 fully saturated rings. The van der Waals surface area contributed by atoms with Crippen LogP contribution in [-0.4, -0.2) is 18.1 Å². The summed E-state index contributed by atoms with van der Waals surface area (Å²) in [5.41, 5.74) is -0.279. The Bertz CT molecular complexity index is 651. The minimum atomic E-state index is -0.621. The summed E-state index contributed by atoms with van der Waals surface area (Å²) in [6.45, 7) is 0.251. The summed E-state index contributed by atoms with van der Waals surface area (Å²) < 4.78 is 24.6. The van der Waals surface area contributed by atoms with Crippen LogP contribution in [0.3, 0.4) is 0 Å². The van der Waals surface area contributed by atoms with Gasteiger partial charge in [-0.1, -0.05) is 22.0 Å². The fourth-order valence-corrected chi connectivity index (χ4v) is 2.00. The lowest BCUT2D eigenvalue weighted by atomic mass is 10.3. The SMILES string of the molecule is O=[N+]([O-])c1ccc(F)cc1OCCOc1cccc(Br)c1. The van der Waals surface area contributed by atoms with Crippen LogP contribution in [0, 0.1) is 15.9 Å². The summed E-state index contributed by atoms with van der Waals surface area (Å²) in [5, 5.41) is 10.8. The van der Waals surface area contributed by atoms with E-state index in [4.69, 9.17) is 9.47 Å².